The Kier molecular flexibility index (Phi) is 3.97. The van der Waals surface area contributed by atoms with Gasteiger partial charge in [0.1, 0.15) is 6.04 Å². The first kappa shape index (κ1) is 13.8. The predicted octanol–water partition coefficient (Wildman–Crippen LogP) is 2.57. The molecule has 3 atom stereocenters. The second-order valence-electron chi connectivity index (χ2n) is 5.05. The van der Waals surface area contributed by atoms with Crippen molar-refractivity contribution < 1.29 is 9.53 Å². The van der Waals surface area contributed by atoms with E-state index in [4.69, 9.17) is 4.74 Å². The molecule has 4 nitrogen and oxygen atoms in total. The third kappa shape index (κ3) is 2.95. The molecule has 0 N–H and O–H groups in total. The second kappa shape index (κ2) is 6.06. The van der Waals surface area contributed by atoms with E-state index in [-0.39, 0.29) is 18.1 Å². The first-order valence-corrected chi connectivity index (χ1v) is 7.18. The summed E-state index contributed by atoms with van der Waals surface area (Å²) in [5, 5.41) is 0. The fourth-order valence-electron chi connectivity index (χ4n) is 2.64. The van der Waals surface area contributed by atoms with Crippen LogP contribution in [0, 0.1) is 0 Å². The largest absolute Gasteiger partial charge is 0.465 e. The van der Waals surface area contributed by atoms with Crippen molar-refractivity contribution in [3.05, 3.63) is 66.0 Å². The van der Waals surface area contributed by atoms with Crippen molar-refractivity contribution in [2.75, 3.05) is 6.61 Å². The number of carbonyl (C=O) groups is 1. The summed E-state index contributed by atoms with van der Waals surface area (Å²) in [4.78, 5) is 18.6. The van der Waals surface area contributed by atoms with Gasteiger partial charge in [-0.05, 0) is 24.6 Å². The molecular weight excluding hydrogens is 264 g/mol. The van der Waals surface area contributed by atoms with Gasteiger partial charge in [0.05, 0.1) is 18.3 Å². The molecule has 4 heteroatoms. The monoisotopic (exact) mass is 282 g/mol. The van der Waals surface area contributed by atoms with Crippen molar-refractivity contribution in [1.29, 1.82) is 0 Å². The van der Waals surface area contributed by atoms with Gasteiger partial charge >= 0.3 is 5.97 Å². The molecule has 1 aromatic carbocycles. The number of esters is 1. The zero-order valence-electron chi connectivity index (χ0n) is 12.0. The third-order valence-electron chi connectivity index (χ3n) is 3.65. The lowest BCUT2D eigenvalue weighted by atomic mass is 10.2. The topological polar surface area (TPSA) is 42.2 Å². The SMILES string of the molecule is CCOC(=O)[C@H]1[C@@H](c2ccccn2)N1Cc1ccccc1. The number of benzene rings is 1. The number of rotatable bonds is 5. The number of aromatic nitrogens is 1. The van der Waals surface area contributed by atoms with Crippen LogP contribution in [0.5, 0.6) is 0 Å². The Bertz CT molecular complexity index is 601. The van der Waals surface area contributed by atoms with Crippen LogP contribution in [0.3, 0.4) is 0 Å². The summed E-state index contributed by atoms with van der Waals surface area (Å²) in [5.74, 6) is -0.163. The van der Waals surface area contributed by atoms with E-state index in [0.717, 1.165) is 12.2 Å². The van der Waals surface area contributed by atoms with Gasteiger partial charge < -0.3 is 4.74 Å². The van der Waals surface area contributed by atoms with Crippen LogP contribution in [-0.4, -0.2) is 28.5 Å². The molecule has 2 aromatic rings. The number of carbonyl (C=O) groups excluding carboxylic acids is 1. The molecule has 0 bridgehead atoms. The molecule has 0 amide bonds. The Labute approximate surface area is 124 Å². The lowest BCUT2D eigenvalue weighted by Gasteiger charge is -2.04. The maximum absolute atomic E-state index is 12.1. The van der Waals surface area contributed by atoms with Crippen LogP contribution >= 0.6 is 0 Å². The number of hydrogen-bond acceptors (Lipinski definition) is 4. The average Bonchev–Trinajstić information content (AvgIpc) is 3.23. The minimum Gasteiger partial charge on any atom is -0.465 e. The van der Waals surface area contributed by atoms with Crippen LogP contribution in [0.25, 0.3) is 0 Å². The van der Waals surface area contributed by atoms with E-state index in [0.29, 0.717) is 6.61 Å². The van der Waals surface area contributed by atoms with Gasteiger partial charge in [0.25, 0.3) is 0 Å². The van der Waals surface area contributed by atoms with E-state index >= 15 is 0 Å². The van der Waals surface area contributed by atoms with Gasteiger partial charge in [-0.3, -0.25) is 14.7 Å². The Morgan fingerprint density at radius 3 is 2.62 bits per heavy atom. The lowest BCUT2D eigenvalue weighted by Crippen LogP contribution is -2.16. The zero-order valence-corrected chi connectivity index (χ0v) is 12.0. The van der Waals surface area contributed by atoms with Gasteiger partial charge in [0.2, 0.25) is 0 Å². The number of nitrogens with zero attached hydrogens (tertiary/aromatic N) is 2. The third-order valence-corrected chi connectivity index (χ3v) is 3.65. The molecule has 1 aromatic heterocycles. The van der Waals surface area contributed by atoms with Gasteiger partial charge in [-0.15, -0.1) is 0 Å². The normalized spacial score (nSPS) is 23.6. The highest BCUT2D eigenvalue weighted by Crippen LogP contribution is 2.44. The standard InChI is InChI=1S/C17H18N2O2/c1-2-21-17(20)16-15(14-10-6-7-11-18-14)19(16)12-13-8-4-3-5-9-13/h3-11,15-16H,2,12H2,1H3/t15-,16-,19?/m1/s1. The van der Waals surface area contributed by atoms with E-state index in [2.05, 4.69) is 22.0 Å². The molecular formula is C17H18N2O2. The molecule has 21 heavy (non-hydrogen) atoms. The maximum Gasteiger partial charge on any atom is 0.325 e. The molecule has 0 saturated carbocycles. The Morgan fingerprint density at radius 1 is 1.19 bits per heavy atom. The summed E-state index contributed by atoms with van der Waals surface area (Å²) in [6.45, 7) is 2.96. The summed E-state index contributed by atoms with van der Waals surface area (Å²) >= 11 is 0. The first-order chi connectivity index (χ1) is 10.3. The van der Waals surface area contributed by atoms with Crippen LogP contribution in [0.2, 0.25) is 0 Å². The highest BCUT2D eigenvalue weighted by molar-refractivity contribution is 5.80. The zero-order chi connectivity index (χ0) is 14.7. The Hall–Kier alpha value is -2.20. The minimum absolute atomic E-state index is 0.0189. The Balaban J connectivity index is 1.78. The second-order valence-corrected chi connectivity index (χ2v) is 5.05. The molecule has 108 valence electrons. The van der Waals surface area contributed by atoms with Gasteiger partial charge in [0, 0.05) is 12.7 Å². The molecule has 1 aliphatic heterocycles. The summed E-state index contributed by atoms with van der Waals surface area (Å²) in [6.07, 6.45) is 1.76. The molecule has 1 saturated heterocycles. The summed E-state index contributed by atoms with van der Waals surface area (Å²) in [7, 11) is 0. The minimum atomic E-state index is -0.222. The van der Waals surface area contributed by atoms with Gasteiger partial charge in [-0.25, -0.2) is 0 Å². The summed E-state index contributed by atoms with van der Waals surface area (Å²) in [5.41, 5.74) is 2.11. The van der Waals surface area contributed by atoms with Crippen molar-refractivity contribution in [3.8, 4) is 0 Å². The quantitative estimate of drug-likeness (QED) is 0.624. The first-order valence-electron chi connectivity index (χ1n) is 7.18. The van der Waals surface area contributed by atoms with E-state index in [1.165, 1.54) is 5.56 Å². The molecule has 3 rings (SSSR count). The summed E-state index contributed by atoms with van der Waals surface area (Å²) < 4.78 is 5.18. The number of ether oxygens (including phenoxy) is 1. The van der Waals surface area contributed by atoms with E-state index < -0.39 is 0 Å². The lowest BCUT2D eigenvalue weighted by molar-refractivity contribution is -0.143. The number of pyridine rings is 1. The van der Waals surface area contributed by atoms with Crippen molar-refractivity contribution >= 4 is 5.97 Å². The van der Waals surface area contributed by atoms with Crippen LogP contribution in [0.1, 0.15) is 24.2 Å². The fourth-order valence-corrected chi connectivity index (χ4v) is 2.64. The molecule has 0 aliphatic carbocycles. The predicted molar refractivity (Wildman–Crippen MR) is 79.4 cm³/mol. The highest BCUT2D eigenvalue weighted by atomic mass is 16.5. The summed E-state index contributed by atoms with van der Waals surface area (Å²) in [6, 6.07) is 15.7. The molecule has 2 heterocycles. The smallest absolute Gasteiger partial charge is 0.325 e. The Morgan fingerprint density at radius 2 is 1.95 bits per heavy atom. The van der Waals surface area contributed by atoms with Crippen molar-refractivity contribution in [1.82, 2.24) is 9.88 Å². The van der Waals surface area contributed by atoms with Gasteiger partial charge in [0.15, 0.2) is 0 Å². The fraction of sp³-hybridized carbons (Fsp3) is 0.294. The van der Waals surface area contributed by atoms with Crippen LogP contribution in [0.4, 0.5) is 0 Å². The molecule has 1 fully saturated rings. The van der Waals surface area contributed by atoms with Gasteiger partial charge in [-0.2, -0.15) is 0 Å². The van der Waals surface area contributed by atoms with Crippen LogP contribution in [0.15, 0.2) is 54.7 Å². The van der Waals surface area contributed by atoms with Gasteiger partial charge in [-0.1, -0.05) is 36.4 Å². The van der Waals surface area contributed by atoms with E-state index in [1.807, 2.05) is 43.3 Å². The average molecular weight is 282 g/mol. The molecule has 1 aliphatic rings. The van der Waals surface area contributed by atoms with E-state index in [9.17, 15) is 4.79 Å². The van der Waals surface area contributed by atoms with Crippen molar-refractivity contribution in [2.24, 2.45) is 0 Å². The molecule has 0 spiro atoms. The molecule has 1 unspecified atom stereocenters. The number of hydrogen-bond donors (Lipinski definition) is 0. The maximum atomic E-state index is 12.1. The van der Waals surface area contributed by atoms with E-state index in [1.54, 1.807) is 6.20 Å². The van der Waals surface area contributed by atoms with Crippen LogP contribution in [-0.2, 0) is 16.1 Å². The molecule has 0 radical (unpaired) electrons. The van der Waals surface area contributed by atoms with Crippen molar-refractivity contribution in [2.45, 2.75) is 25.6 Å². The van der Waals surface area contributed by atoms with Crippen LogP contribution < -0.4 is 0 Å². The highest BCUT2D eigenvalue weighted by Gasteiger charge is 2.54. The van der Waals surface area contributed by atoms with Crippen molar-refractivity contribution in [3.63, 3.8) is 0 Å².